The van der Waals surface area contributed by atoms with Crippen LogP contribution < -0.4 is 4.74 Å². The van der Waals surface area contributed by atoms with E-state index in [2.05, 4.69) is 5.10 Å². The fourth-order valence-electron chi connectivity index (χ4n) is 1.48. The highest BCUT2D eigenvalue weighted by atomic mass is 19.1. The molecule has 0 aliphatic rings. The third-order valence-electron chi connectivity index (χ3n) is 1.88. The van der Waals surface area contributed by atoms with Crippen molar-refractivity contribution in [1.29, 1.82) is 0 Å². The minimum atomic E-state index is -0.546. The van der Waals surface area contributed by atoms with Crippen molar-refractivity contribution in [2.24, 2.45) is 7.05 Å². The molecule has 0 saturated heterocycles. The van der Waals surface area contributed by atoms with Crippen molar-refractivity contribution in [3.63, 3.8) is 0 Å². The van der Waals surface area contributed by atoms with Crippen molar-refractivity contribution in [1.82, 2.24) is 9.78 Å². The van der Waals surface area contributed by atoms with E-state index in [9.17, 15) is 4.39 Å². The van der Waals surface area contributed by atoms with Gasteiger partial charge in [-0.3, -0.25) is 4.68 Å². The Morgan fingerprint density at radius 3 is 2.23 bits per heavy atom. The summed E-state index contributed by atoms with van der Waals surface area (Å²) in [4.78, 5) is 0. The van der Waals surface area contributed by atoms with Gasteiger partial charge in [0.05, 0.1) is 12.8 Å². The van der Waals surface area contributed by atoms with Gasteiger partial charge in [0.1, 0.15) is 0 Å². The summed E-state index contributed by atoms with van der Waals surface area (Å²) in [5.74, 6) is -0.301. The molecule has 0 aromatic carbocycles. The van der Waals surface area contributed by atoms with Gasteiger partial charge in [0.25, 0.3) is 5.95 Å². The normalized spacial score (nSPS) is 11.8. The van der Waals surface area contributed by atoms with E-state index in [0.717, 1.165) is 5.69 Å². The Morgan fingerprint density at radius 1 is 1.38 bits per heavy atom. The maximum absolute atomic E-state index is 13.1. The SMILES string of the molecule is COc1c(F)nn(C)c1C(C)(C)C. The van der Waals surface area contributed by atoms with E-state index in [1.807, 2.05) is 20.8 Å². The van der Waals surface area contributed by atoms with E-state index < -0.39 is 5.95 Å². The van der Waals surface area contributed by atoms with E-state index in [0.29, 0.717) is 0 Å². The number of ether oxygens (including phenoxy) is 1. The monoisotopic (exact) mass is 186 g/mol. The lowest BCUT2D eigenvalue weighted by molar-refractivity contribution is 0.370. The quantitative estimate of drug-likeness (QED) is 0.669. The van der Waals surface area contributed by atoms with Gasteiger partial charge >= 0.3 is 0 Å². The number of hydrogen-bond acceptors (Lipinski definition) is 2. The molecule has 1 rings (SSSR count). The predicted octanol–water partition coefficient (Wildman–Crippen LogP) is 1.87. The second kappa shape index (κ2) is 3.01. The van der Waals surface area contributed by atoms with Crippen molar-refractivity contribution >= 4 is 0 Å². The average molecular weight is 186 g/mol. The largest absolute Gasteiger partial charge is 0.490 e. The molecule has 1 aromatic heterocycles. The third-order valence-corrected chi connectivity index (χ3v) is 1.88. The maximum atomic E-state index is 13.1. The summed E-state index contributed by atoms with van der Waals surface area (Å²) in [6, 6.07) is 0. The fourth-order valence-corrected chi connectivity index (χ4v) is 1.48. The van der Waals surface area contributed by atoms with Crippen LogP contribution in [0.15, 0.2) is 0 Å². The van der Waals surface area contributed by atoms with Crippen LogP contribution in [0.3, 0.4) is 0 Å². The highest BCUT2D eigenvalue weighted by Gasteiger charge is 2.27. The van der Waals surface area contributed by atoms with Gasteiger partial charge in [-0.05, 0) is 0 Å². The van der Waals surface area contributed by atoms with E-state index >= 15 is 0 Å². The molecule has 0 radical (unpaired) electrons. The number of aryl methyl sites for hydroxylation is 1. The van der Waals surface area contributed by atoms with Crippen LogP contribution in [0.25, 0.3) is 0 Å². The van der Waals surface area contributed by atoms with Gasteiger partial charge in [-0.15, -0.1) is 5.10 Å². The van der Waals surface area contributed by atoms with Crippen molar-refractivity contribution in [3.8, 4) is 5.75 Å². The van der Waals surface area contributed by atoms with Gasteiger partial charge in [-0.25, -0.2) is 0 Å². The molecule has 0 aliphatic carbocycles. The maximum Gasteiger partial charge on any atom is 0.274 e. The van der Waals surface area contributed by atoms with Crippen LogP contribution in [0.5, 0.6) is 5.75 Å². The number of aromatic nitrogens is 2. The standard InChI is InChI=1S/C9H15FN2O/c1-9(2,3)7-6(13-5)8(10)11-12(7)4/h1-5H3. The lowest BCUT2D eigenvalue weighted by atomic mass is 9.91. The van der Waals surface area contributed by atoms with E-state index in [1.165, 1.54) is 11.8 Å². The summed E-state index contributed by atoms with van der Waals surface area (Å²) in [7, 11) is 3.17. The molecule has 0 unspecified atom stereocenters. The zero-order valence-corrected chi connectivity index (χ0v) is 8.68. The summed E-state index contributed by atoms with van der Waals surface area (Å²) in [5.41, 5.74) is 0.602. The zero-order valence-electron chi connectivity index (χ0n) is 8.68. The molecule has 0 bridgehead atoms. The smallest absolute Gasteiger partial charge is 0.274 e. The summed E-state index contributed by atoms with van der Waals surface area (Å²) in [5, 5.41) is 3.67. The molecule has 0 amide bonds. The summed E-state index contributed by atoms with van der Waals surface area (Å²) >= 11 is 0. The van der Waals surface area contributed by atoms with E-state index in [1.54, 1.807) is 7.05 Å². The molecule has 74 valence electrons. The molecule has 13 heavy (non-hydrogen) atoms. The second-order valence-corrected chi connectivity index (χ2v) is 4.05. The van der Waals surface area contributed by atoms with Gasteiger partial charge in [0.2, 0.25) is 0 Å². The van der Waals surface area contributed by atoms with Crippen molar-refractivity contribution in [3.05, 3.63) is 11.6 Å². The zero-order chi connectivity index (χ0) is 10.2. The summed E-state index contributed by atoms with van der Waals surface area (Å²) in [6.07, 6.45) is 0. The molecule has 0 aliphatic heterocycles. The highest BCUT2D eigenvalue weighted by molar-refractivity contribution is 5.32. The lowest BCUT2D eigenvalue weighted by Crippen LogP contribution is -2.17. The van der Waals surface area contributed by atoms with Crippen LogP contribution in [-0.2, 0) is 12.5 Å². The predicted molar refractivity (Wildman–Crippen MR) is 48.4 cm³/mol. The molecular weight excluding hydrogens is 171 g/mol. The van der Waals surface area contributed by atoms with Crippen LogP contribution in [0.2, 0.25) is 0 Å². The van der Waals surface area contributed by atoms with Crippen LogP contribution in [-0.4, -0.2) is 16.9 Å². The van der Waals surface area contributed by atoms with E-state index in [-0.39, 0.29) is 11.2 Å². The molecular formula is C9H15FN2O. The number of rotatable bonds is 1. The Kier molecular flexibility index (Phi) is 2.32. The average Bonchev–Trinajstić information content (AvgIpc) is 2.23. The van der Waals surface area contributed by atoms with Crippen LogP contribution in [0.4, 0.5) is 4.39 Å². The minimum Gasteiger partial charge on any atom is -0.490 e. The molecule has 0 atom stereocenters. The van der Waals surface area contributed by atoms with Crippen molar-refractivity contribution in [2.45, 2.75) is 26.2 Å². The number of nitrogens with zero attached hydrogens (tertiary/aromatic N) is 2. The van der Waals surface area contributed by atoms with Crippen LogP contribution in [0, 0.1) is 5.95 Å². The molecule has 4 heteroatoms. The molecule has 0 N–H and O–H groups in total. The number of halogens is 1. The number of methoxy groups -OCH3 is 1. The molecule has 1 heterocycles. The Hall–Kier alpha value is -1.06. The fraction of sp³-hybridized carbons (Fsp3) is 0.667. The van der Waals surface area contributed by atoms with Gasteiger partial charge in [0.15, 0.2) is 5.75 Å². The Balaban J connectivity index is 3.34. The molecule has 0 spiro atoms. The molecule has 0 saturated carbocycles. The third kappa shape index (κ3) is 1.66. The molecule has 1 aromatic rings. The first-order valence-electron chi connectivity index (χ1n) is 4.15. The topological polar surface area (TPSA) is 27.1 Å². The Morgan fingerprint density at radius 2 is 1.92 bits per heavy atom. The van der Waals surface area contributed by atoms with Crippen molar-refractivity contribution < 1.29 is 9.13 Å². The Labute approximate surface area is 77.5 Å². The van der Waals surface area contributed by atoms with Gasteiger partial charge in [-0.2, -0.15) is 4.39 Å². The van der Waals surface area contributed by atoms with Crippen molar-refractivity contribution in [2.75, 3.05) is 7.11 Å². The van der Waals surface area contributed by atoms with Gasteiger partial charge in [-0.1, -0.05) is 20.8 Å². The first kappa shape index (κ1) is 10.0. The Bertz CT molecular complexity index is 312. The summed E-state index contributed by atoms with van der Waals surface area (Å²) in [6.45, 7) is 5.98. The van der Waals surface area contributed by atoms with Crippen LogP contribution >= 0.6 is 0 Å². The molecule has 3 nitrogen and oxygen atoms in total. The first-order chi connectivity index (χ1) is 5.88. The second-order valence-electron chi connectivity index (χ2n) is 4.05. The first-order valence-corrected chi connectivity index (χ1v) is 4.15. The van der Waals surface area contributed by atoms with Gasteiger partial charge in [0, 0.05) is 12.5 Å². The lowest BCUT2D eigenvalue weighted by Gasteiger charge is -2.19. The minimum absolute atomic E-state index is 0.169. The molecule has 0 fully saturated rings. The highest BCUT2D eigenvalue weighted by Crippen LogP contribution is 2.32. The van der Waals surface area contributed by atoms with Gasteiger partial charge < -0.3 is 4.74 Å². The van der Waals surface area contributed by atoms with E-state index in [4.69, 9.17) is 4.74 Å². The number of hydrogen-bond donors (Lipinski definition) is 0. The summed E-state index contributed by atoms with van der Waals surface area (Å²) < 4.78 is 19.6. The van der Waals surface area contributed by atoms with Crippen LogP contribution in [0.1, 0.15) is 26.5 Å².